The molecule has 0 unspecified atom stereocenters. The van der Waals surface area contributed by atoms with E-state index in [4.69, 9.17) is 9.52 Å². The van der Waals surface area contributed by atoms with Gasteiger partial charge in [0.25, 0.3) is 0 Å². The van der Waals surface area contributed by atoms with Crippen molar-refractivity contribution < 1.29 is 14.3 Å². The Balaban J connectivity index is 2.28. The fraction of sp³-hybridized carbons (Fsp3) is 0.364. The molecule has 0 radical (unpaired) electrons. The molecule has 0 bridgehead atoms. The predicted octanol–water partition coefficient (Wildman–Crippen LogP) is 1.81. The first kappa shape index (κ1) is 12.7. The minimum absolute atomic E-state index is 0.0298. The van der Waals surface area contributed by atoms with Crippen molar-refractivity contribution >= 4 is 17.7 Å². The van der Waals surface area contributed by atoms with Crippen molar-refractivity contribution in [1.29, 1.82) is 0 Å². The molecule has 0 spiro atoms. The Morgan fingerprint density at radius 2 is 2.33 bits per heavy atom. The second kappa shape index (κ2) is 5.26. The van der Waals surface area contributed by atoms with Gasteiger partial charge in [0.15, 0.2) is 11.0 Å². The van der Waals surface area contributed by atoms with Crippen LogP contribution in [0.25, 0.3) is 11.4 Å². The van der Waals surface area contributed by atoms with Gasteiger partial charge < -0.3 is 14.1 Å². The van der Waals surface area contributed by atoms with Crippen LogP contribution in [0, 0.1) is 0 Å². The average Bonchev–Trinajstić information content (AvgIpc) is 2.92. The van der Waals surface area contributed by atoms with Crippen LogP contribution in [0.5, 0.6) is 0 Å². The lowest BCUT2D eigenvalue weighted by Crippen LogP contribution is -2.01. The summed E-state index contributed by atoms with van der Waals surface area (Å²) in [7, 11) is 1.81. The Labute approximate surface area is 108 Å². The molecule has 18 heavy (non-hydrogen) atoms. The van der Waals surface area contributed by atoms with E-state index in [1.54, 1.807) is 10.8 Å². The molecule has 2 aromatic rings. The van der Waals surface area contributed by atoms with Gasteiger partial charge in [0.05, 0.1) is 17.6 Å². The molecular formula is C11H13N3O3S. The third-order valence-corrected chi connectivity index (χ3v) is 3.47. The fourth-order valence-corrected chi connectivity index (χ4v) is 2.25. The third kappa shape index (κ3) is 2.40. The number of carboxylic acid groups (broad SMARTS) is 1. The molecular weight excluding hydrogens is 254 g/mol. The van der Waals surface area contributed by atoms with Gasteiger partial charge in [0.2, 0.25) is 0 Å². The van der Waals surface area contributed by atoms with Crippen molar-refractivity contribution in [2.24, 2.45) is 7.05 Å². The largest absolute Gasteiger partial charge is 0.481 e. The topological polar surface area (TPSA) is 81.2 Å². The Morgan fingerprint density at radius 1 is 1.56 bits per heavy atom. The standard InChI is InChI=1S/C11H13N3O3S/c1-3-8-7(4-5-17-8)10-12-13-11(14(10)2)18-6-9(15)16/h4-5H,3,6H2,1-2H3,(H,15,16). The molecule has 0 aliphatic carbocycles. The smallest absolute Gasteiger partial charge is 0.313 e. The number of nitrogens with zero attached hydrogens (tertiary/aromatic N) is 3. The summed E-state index contributed by atoms with van der Waals surface area (Å²) in [5, 5.41) is 17.3. The van der Waals surface area contributed by atoms with E-state index in [0.717, 1.165) is 29.5 Å². The molecule has 2 heterocycles. The second-order valence-corrected chi connectivity index (χ2v) is 4.60. The van der Waals surface area contributed by atoms with Gasteiger partial charge in [-0.1, -0.05) is 18.7 Å². The first-order valence-corrected chi connectivity index (χ1v) is 6.42. The van der Waals surface area contributed by atoms with Gasteiger partial charge in [-0.25, -0.2) is 0 Å². The zero-order valence-corrected chi connectivity index (χ0v) is 10.9. The van der Waals surface area contributed by atoms with Crippen molar-refractivity contribution in [2.75, 3.05) is 5.75 Å². The van der Waals surface area contributed by atoms with Crippen LogP contribution in [-0.4, -0.2) is 31.6 Å². The molecule has 1 N–H and O–H groups in total. The highest BCUT2D eigenvalue weighted by atomic mass is 32.2. The van der Waals surface area contributed by atoms with E-state index in [1.165, 1.54) is 0 Å². The number of hydrogen-bond acceptors (Lipinski definition) is 5. The van der Waals surface area contributed by atoms with Gasteiger partial charge in [0, 0.05) is 13.5 Å². The van der Waals surface area contributed by atoms with Gasteiger partial charge in [-0.3, -0.25) is 4.79 Å². The summed E-state index contributed by atoms with van der Waals surface area (Å²) in [5.41, 5.74) is 0.898. The van der Waals surface area contributed by atoms with E-state index < -0.39 is 5.97 Å². The lowest BCUT2D eigenvalue weighted by atomic mass is 10.2. The zero-order valence-electron chi connectivity index (χ0n) is 10.1. The van der Waals surface area contributed by atoms with E-state index in [-0.39, 0.29) is 5.75 Å². The van der Waals surface area contributed by atoms with Crippen molar-refractivity contribution in [1.82, 2.24) is 14.8 Å². The van der Waals surface area contributed by atoms with Gasteiger partial charge in [0.1, 0.15) is 5.76 Å². The molecule has 0 aliphatic rings. The maximum absolute atomic E-state index is 10.5. The number of aryl methyl sites for hydroxylation is 1. The van der Waals surface area contributed by atoms with Crippen LogP contribution in [0.4, 0.5) is 0 Å². The van der Waals surface area contributed by atoms with Crippen LogP contribution in [0.1, 0.15) is 12.7 Å². The highest BCUT2D eigenvalue weighted by Gasteiger charge is 2.16. The maximum atomic E-state index is 10.5. The highest BCUT2D eigenvalue weighted by Crippen LogP contribution is 2.26. The Morgan fingerprint density at radius 3 is 3.00 bits per heavy atom. The van der Waals surface area contributed by atoms with Gasteiger partial charge in [-0.05, 0) is 6.07 Å². The number of furan rings is 1. The molecule has 0 aliphatic heterocycles. The summed E-state index contributed by atoms with van der Waals surface area (Å²) in [6.45, 7) is 2.00. The van der Waals surface area contributed by atoms with E-state index in [1.807, 2.05) is 20.0 Å². The van der Waals surface area contributed by atoms with Crippen LogP contribution < -0.4 is 0 Å². The van der Waals surface area contributed by atoms with E-state index in [2.05, 4.69) is 10.2 Å². The Hall–Kier alpha value is -1.76. The summed E-state index contributed by atoms with van der Waals surface area (Å²) >= 11 is 1.15. The lowest BCUT2D eigenvalue weighted by molar-refractivity contribution is -0.133. The van der Waals surface area contributed by atoms with E-state index >= 15 is 0 Å². The average molecular weight is 267 g/mol. The van der Waals surface area contributed by atoms with Crippen molar-refractivity contribution in [3.63, 3.8) is 0 Å². The van der Waals surface area contributed by atoms with Gasteiger partial charge >= 0.3 is 5.97 Å². The Kier molecular flexibility index (Phi) is 3.71. The first-order valence-electron chi connectivity index (χ1n) is 5.44. The first-order chi connectivity index (χ1) is 8.63. The molecule has 2 aromatic heterocycles. The highest BCUT2D eigenvalue weighted by molar-refractivity contribution is 7.99. The monoisotopic (exact) mass is 267 g/mol. The SMILES string of the molecule is CCc1occc1-c1nnc(SCC(=O)O)n1C. The van der Waals surface area contributed by atoms with E-state index in [0.29, 0.717) is 11.0 Å². The van der Waals surface area contributed by atoms with Crippen LogP contribution in [0.15, 0.2) is 21.9 Å². The molecule has 2 rings (SSSR count). The molecule has 0 saturated carbocycles. The number of hydrogen-bond donors (Lipinski definition) is 1. The van der Waals surface area contributed by atoms with Crippen molar-refractivity contribution in [3.05, 3.63) is 18.1 Å². The molecule has 96 valence electrons. The van der Waals surface area contributed by atoms with Crippen LogP contribution in [0.3, 0.4) is 0 Å². The lowest BCUT2D eigenvalue weighted by Gasteiger charge is -2.02. The molecule has 6 nitrogen and oxygen atoms in total. The predicted molar refractivity (Wildman–Crippen MR) is 66.4 cm³/mol. The Bertz CT molecular complexity index is 562. The quantitative estimate of drug-likeness (QED) is 0.832. The number of carboxylic acids is 1. The minimum atomic E-state index is -0.873. The summed E-state index contributed by atoms with van der Waals surface area (Å²) in [6.07, 6.45) is 2.39. The number of aromatic nitrogens is 3. The van der Waals surface area contributed by atoms with E-state index in [9.17, 15) is 4.79 Å². The summed E-state index contributed by atoms with van der Waals surface area (Å²) in [4.78, 5) is 10.5. The van der Waals surface area contributed by atoms with Crippen LogP contribution in [-0.2, 0) is 18.3 Å². The van der Waals surface area contributed by atoms with Crippen molar-refractivity contribution in [2.45, 2.75) is 18.5 Å². The van der Waals surface area contributed by atoms with Gasteiger partial charge in [-0.2, -0.15) is 0 Å². The number of rotatable bonds is 5. The van der Waals surface area contributed by atoms with Crippen LogP contribution >= 0.6 is 11.8 Å². The molecule has 7 heteroatoms. The molecule has 0 amide bonds. The van der Waals surface area contributed by atoms with Crippen LogP contribution in [0.2, 0.25) is 0 Å². The number of carbonyl (C=O) groups is 1. The number of thioether (sulfide) groups is 1. The second-order valence-electron chi connectivity index (χ2n) is 3.66. The number of aliphatic carboxylic acids is 1. The summed E-state index contributed by atoms with van der Waals surface area (Å²) in [6, 6.07) is 1.84. The molecule has 0 saturated heterocycles. The normalized spacial score (nSPS) is 10.8. The molecule has 0 fully saturated rings. The zero-order chi connectivity index (χ0) is 13.1. The molecule has 0 aromatic carbocycles. The minimum Gasteiger partial charge on any atom is -0.481 e. The third-order valence-electron chi connectivity index (χ3n) is 2.47. The molecule has 0 atom stereocenters. The fourth-order valence-electron chi connectivity index (χ4n) is 1.62. The maximum Gasteiger partial charge on any atom is 0.313 e. The van der Waals surface area contributed by atoms with Gasteiger partial charge in [-0.15, -0.1) is 10.2 Å². The van der Waals surface area contributed by atoms with Crippen molar-refractivity contribution in [3.8, 4) is 11.4 Å². The summed E-state index contributed by atoms with van der Waals surface area (Å²) in [5.74, 6) is 0.633. The summed E-state index contributed by atoms with van der Waals surface area (Å²) < 4.78 is 7.12.